The molecule has 0 aromatic carbocycles. The molecule has 27 heavy (non-hydrogen) atoms. The third-order valence-electron chi connectivity index (χ3n) is 3.83. The van der Waals surface area contributed by atoms with Crippen molar-refractivity contribution in [2.24, 2.45) is 10.9 Å². The Bertz CT molecular complexity index is 868. The molecule has 0 spiro atoms. The van der Waals surface area contributed by atoms with E-state index in [4.69, 9.17) is 16.0 Å². The maximum Gasteiger partial charge on any atom is 0.355 e. The molecule has 1 fully saturated rings. The quantitative estimate of drug-likeness (QED) is 0.129. The molecule has 3 rings (SSSR count). The predicted octanol–water partition coefficient (Wildman–Crippen LogP) is -1.74. The molecular formula is C12H13N7O6S2. The van der Waals surface area contributed by atoms with E-state index in [9.17, 15) is 19.5 Å². The zero-order valence-corrected chi connectivity index (χ0v) is 15.1. The lowest BCUT2D eigenvalue weighted by atomic mass is 10.0. The van der Waals surface area contributed by atoms with Crippen LogP contribution < -0.4 is 5.73 Å². The fourth-order valence-corrected chi connectivity index (χ4v) is 4.83. The molecule has 1 amide bonds. The molecule has 0 bridgehead atoms. The van der Waals surface area contributed by atoms with Gasteiger partial charge >= 0.3 is 11.9 Å². The summed E-state index contributed by atoms with van der Waals surface area (Å²) in [6, 6.07) is -0.710. The summed E-state index contributed by atoms with van der Waals surface area (Å²) in [4.78, 5) is 35.6. The van der Waals surface area contributed by atoms with Crippen LogP contribution in [0.5, 0.6) is 0 Å². The fourth-order valence-electron chi connectivity index (χ4n) is 2.53. The molecule has 1 aromatic heterocycles. The van der Waals surface area contributed by atoms with E-state index >= 15 is 0 Å². The van der Waals surface area contributed by atoms with Crippen LogP contribution in [0.25, 0.3) is 0 Å². The van der Waals surface area contributed by atoms with Gasteiger partial charge < -0.3 is 21.2 Å². The lowest BCUT2D eigenvalue weighted by Gasteiger charge is -2.48. The van der Waals surface area contributed by atoms with E-state index in [1.54, 1.807) is 0 Å². The lowest BCUT2D eigenvalue weighted by Crippen LogP contribution is -2.68. The molecule has 2 unspecified atom stereocenters. The number of tetrazole rings is 1. The first-order valence-electron chi connectivity index (χ1n) is 7.34. The number of carbonyl (C=O) groups excluding carboxylic acids is 1. The molecular weight excluding hydrogens is 402 g/mol. The number of carboxylic acids is 2. The maximum atomic E-state index is 11.9. The number of hydrogen-bond acceptors (Lipinski definition) is 11. The molecule has 0 saturated carbocycles. The SMILES string of the molecule is NC1C(=O)N2C(C(=O)O)=C(CSc3nnnn3C/C(=N/O)C(=O)O)CSC12. The number of fused-ring (bicyclic) bond motifs is 1. The highest BCUT2D eigenvalue weighted by molar-refractivity contribution is 8.01. The molecule has 1 aromatic rings. The standard InChI is InChI=1S/C12H13N7O6S2/c13-6-8(20)19-7(11(23)24)4(2-26-9(6)19)3-27-12-14-16-17-18(12)1-5(15-25)10(21)22/h6,9,25H,1-3,13H2,(H,21,22)(H,23,24)/b15-5-. The first-order valence-corrected chi connectivity index (χ1v) is 9.37. The number of β-lactam (4-membered cyclic amide) rings is 1. The number of carboxylic acid groups (broad SMARTS) is 2. The Morgan fingerprint density at radius 3 is 2.78 bits per heavy atom. The van der Waals surface area contributed by atoms with Crippen LogP contribution in [0.2, 0.25) is 0 Å². The second-order valence-electron chi connectivity index (χ2n) is 5.45. The van der Waals surface area contributed by atoms with Crippen molar-refractivity contribution in [1.82, 2.24) is 25.1 Å². The Labute approximate surface area is 159 Å². The van der Waals surface area contributed by atoms with Gasteiger partial charge in [0.1, 0.15) is 17.1 Å². The number of hydrogen-bond donors (Lipinski definition) is 4. The van der Waals surface area contributed by atoms with Crippen molar-refractivity contribution in [2.45, 2.75) is 23.1 Å². The second-order valence-corrected chi connectivity index (χ2v) is 7.50. The summed E-state index contributed by atoms with van der Waals surface area (Å²) in [5, 5.41) is 40.4. The van der Waals surface area contributed by atoms with Crippen LogP contribution in [0.1, 0.15) is 0 Å². The molecule has 2 atom stereocenters. The van der Waals surface area contributed by atoms with Crippen molar-refractivity contribution in [2.75, 3.05) is 11.5 Å². The largest absolute Gasteiger partial charge is 0.477 e. The number of aromatic nitrogens is 4. The normalized spacial score (nSPS) is 22.5. The second kappa shape index (κ2) is 7.53. The molecule has 1 saturated heterocycles. The van der Waals surface area contributed by atoms with Gasteiger partial charge in [-0.15, -0.1) is 16.9 Å². The first kappa shape index (κ1) is 19.1. The highest BCUT2D eigenvalue weighted by Gasteiger charge is 2.51. The summed E-state index contributed by atoms with van der Waals surface area (Å²) in [7, 11) is 0. The van der Waals surface area contributed by atoms with Crippen LogP contribution in [0.4, 0.5) is 0 Å². The summed E-state index contributed by atoms with van der Waals surface area (Å²) in [6.07, 6.45) is 0. The molecule has 3 heterocycles. The maximum absolute atomic E-state index is 11.9. The van der Waals surface area contributed by atoms with Crippen LogP contribution in [0, 0.1) is 0 Å². The van der Waals surface area contributed by atoms with Gasteiger partial charge in [0.25, 0.3) is 0 Å². The van der Waals surface area contributed by atoms with Crippen LogP contribution in [-0.2, 0) is 20.9 Å². The van der Waals surface area contributed by atoms with E-state index in [0.717, 1.165) is 16.4 Å². The topological polar surface area (TPSA) is 197 Å². The summed E-state index contributed by atoms with van der Waals surface area (Å²) >= 11 is 2.44. The zero-order valence-electron chi connectivity index (χ0n) is 13.4. The van der Waals surface area contributed by atoms with Gasteiger partial charge in [-0.3, -0.25) is 9.69 Å². The molecule has 13 nitrogen and oxygen atoms in total. The molecule has 0 aliphatic carbocycles. The monoisotopic (exact) mass is 415 g/mol. The molecule has 15 heteroatoms. The van der Waals surface area contributed by atoms with Crippen molar-refractivity contribution >= 4 is 47.1 Å². The lowest BCUT2D eigenvalue weighted by molar-refractivity contribution is -0.147. The number of carbonyl (C=O) groups is 3. The third-order valence-corrected chi connectivity index (χ3v) is 6.24. The highest BCUT2D eigenvalue weighted by Crippen LogP contribution is 2.40. The predicted molar refractivity (Wildman–Crippen MR) is 91.1 cm³/mol. The van der Waals surface area contributed by atoms with E-state index in [0.29, 0.717) is 11.3 Å². The molecule has 144 valence electrons. The van der Waals surface area contributed by atoms with Gasteiger partial charge in [0, 0.05) is 11.5 Å². The molecule has 0 radical (unpaired) electrons. The fraction of sp³-hybridized carbons (Fsp3) is 0.417. The van der Waals surface area contributed by atoms with Gasteiger partial charge in [-0.1, -0.05) is 16.9 Å². The van der Waals surface area contributed by atoms with Gasteiger partial charge in [0.05, 0.1) is 6.54 Å². The summed E-state index contributed by atoms with van der Waals surface area (Å²) in [5.74, 6) is -2.56. The van der Waals surface area contributed by atoms with Crippen LogP contribution in [0.15, 0.2) is 21.6 Å². The summed E-state index contributed by atoms with van der Waals surface area (Å²) in [5.41, 5.74) is 5.53. The van der Waals surface area contributed by atoms with E-state index in [2.05, 4.69) is 20.7 Å². The van der Waals surface area contributed by atoms with E-state index in [1.807, 2.05) is 0 Å². The van der Waals surface area contributed by atoms with E-state index < -0.39 is 29.6 Å². The Kier molecular flexibility index (Phi) is 5.33. The number of amides is 1. The smallest absolute Gasteiger partial charge is 0.355 e. The Balaban J connectivity index is 1.77. The molecule has 2 aliphatic heterocycles. The van der Waals surface area contributed by atoms with Crippen molar-refractivity contribution in [3.8, 4) is 0 Å². The minimum atomic E-state index is -1.43. The van der Waals surface area contributed by atoms with E-state index in [-0.39, 0.29) is 28.5 Å². The summed E-state index contributed by atoms with van der Waals surface area (Å²) < 4.78 is 1.11. The van der Waals surface area contributed by atoms with Crippen molar-refractivity contribution in [3.05, 3.63) is 11.3 Å². The average Bonchev–Trinajstić information content (AvgIpc) is 3.09. The minimum Gasteiger partial charge on any atom is -0.477 e. The third kappa shape index (κ3) is 3.47. The van der Waals surface area contributed by atoms with Gasteiger partial charge in [-0.2, -0.15) is 0 Å². The molecule has 5 N–H and O–H groups in total. The van der Waals surface area contributed by atoms with Crippen LogP contribution >= 0.6 is 23.5 Å². The van der Waals surface area contributed by atoms with Gasteiger partial charge in [-0.25, -0.2) is 14.3 Å². The minimum absolute atomic E-state index is 0.0971. The highest BCUT2D eigenvalue weighted by atomic mass is 32.2. The number of aliphatic carboxylic acids is 2. The number of rotatable bonds is 7. The zero-order chi connectivity index (χ0) is 19.7. The molecule has 2 aliphatic rings. The van der Waals surface area contributed by atoms with Gasteiger partial charge in [-0.05, 0) is 16.0 Å². The van der Waals surface area contributed by atoms with Gasteiger partial charge in [0.15, 0.2) is 5.71 Å². The van der Waals surface area contributed by atoms with E-state index in [1.165, 1.54) is 16.7 Å². The Hall–Kier alpha value is -2.65. The van der Waals surface area contributed by atoms with Crippen LogP contribution in [0.3, 0.4) is 0 Å². The summed E-state index contributed by atoms with van der Waals surface area (Å²) in [6.45, 7) is -0.373. The number of nitrogens with zero attached hydrogens (tertiary/aromatic N) is 6. The van der Waals surface area contributed by atoms with Gasteiger partial charge in [0.2, 0.25) is 11.1 Å². The average molecular weight is 415 g/mol. The number of thioether (sulfide) groups is 2. The Morgan fingerprint density at radius 2 is 2.15 bits per heavy atom. The first-order chi connectivity index (χ1) is 12.8. The van der Waals surface area contributed by atoms with Crippen LogP contribution in [-0.4, -0.2) is 87.0 Å². The number of nitrogens with two attached hydrogens (primary N) is 1. The number of oxime groups is 1. The van der Waals surface area contributed by atoms with Crippen molar-refractivity contribution < 1.29 is 29.8 Å². The van der Waals surface area contributed by atoms with Crippen molar-refractivity contribution in [1.29, 1.82) is 0 Å². The Morgan fingerprint density at radius 1 is 1.41 bits per heavy atom. The van der Waals surface area contributed by atoms with Crippen molar-refractivity contribution in [3.63, 3.8) is 0 Å².